The highest BCUT2D eigenvalue weighted by molar-refractivity contribution is 6.16. The number of benzene rings is 2. The molecule has 4 rings (SSSR count). The second-order valence-corrected chi connectivity index (χ2v) is 5.75. The first kappa shape index (κ1) is 15.7. The molecule has 0 N–H and O–H groups in total. The fraction of sp³-hybridized carbons (Fsp3) is 0. The summed E-state index contributed by atoms with van der Waals surface area (Å²) in [7, 11) is 0. The van der Waals surface area contributed by atoms with Gasteiger partial charge in [0, 0.05) is 29.5 Å². The molecule has 6 heteroatoms. The van der Waals surface area contributed by atoms with Crippen LogP contribution in [0.5, 0.6) is 0 Å². The summed E-state index contributed by atoms with van der Waals surface area (Å²) < 4.78 is 1.65. The van der Waals surface area contributed by atoms with Crippen molar-refractivity contribution in [1.29, 1.82) is 0 Å². The maximum Gasteiger partial charge on any atom is 0.269 e. The zero-order valence-electron chi connectivity index (χ0n) is 13.6. The zero-order chi connectivity index (χ0) is 18.1. The molecule has 2 aromatic carbocycles. The van der Waals surface area contributed by atoms with Gasteiger partial charge in [0.25, 0.3) is 5.69 Å². The van der Waals surface area contributed by atoms with Crippen molar-refractivity contribution in [2.75, 3.05) is 0 Å². The van der Waals surface area contributed by atoms with E-state index in [1.807, 2.05) is 36.4 Å². The molecular formula is C20H13N3O3. The summed E-state index contributed by atoms with van der Waals surface area (Å²) in [5, 5.41) is 15.4. The highest BCUT2D eigenvalue weighted by Crippen LogP contribution is 2.29. The van der Waals surface area contributed by atoms with Crippen LogP contribution in [-0.4, -0.2) is 20.3 Å². The molecule has 2 aromatic heterocycles. The van der Waals surface area contributed by atoms with Crippen molar-refractivity contribution < 1.29 is 9.72 Å². The molecule has 26 heavy (non-hydrogen) atoms. The number of nitrogens with zero attached hydrogens (tertiary/aromatic N) is 3. The van der Waals surface area contributed by atoms with Crippen molar-refractivity contribution in [3.63, 3.8) is 0 Å². The lowest BCUT2D eigenvalue weighted by molar-refractivity contribution is -0.384. The van der Waals surface area contributed by atoms with E-state index in [1.54, 1.807) is 35.0 Å². The van der Waals surface area contributed by atoms with Gasteiger partial charge in [0.2, 0.25) is 0 Å². The fourth-order valence-electron chi connectivity index (χ4n) is 2.90. The number of fused-ring (bicyclic) bond motifs is 1. The maximum atomic E-state index is 13.1. The minimum atomic E-state index is -0.455. The highest BCUT2D eigenvalue weighted by atomic mass is 16.6. The Bertz CT molecular complexity index is 1120. The Balaban J connectivity index is 1.92. The number of nitro benzene ring substituents is 1. The molecule has 0 aliphatic carbocycles. The minimum Gasteiger partial charge on any atom is -0.288 e. The molecule has 0 saturated carbocycles. The normalized spacial score (nSPS) is 10.8. The van der Waals surface area contributed by atoms with Crippen LogP contribution in [0.15, 0.2) is 79.0 Å². The van der Waals surface area contributed by atoms with Crippen LogP contribution in [0.1, 0.15) is 15.9 Å². The van der Waals surface area contributed by atoms with E-state index in [-0.39, 0.29) is 11.5 Å². The number of ketones is 1. The summed E-state index contributed by atoms with van der Waals surface area (Å²) >= 11 is 0. The molecule has 6 nitrogen and oxygen atoms in total. The third kappa shape index (κ3) is 2.63. The van der Waals surface area contributed by atoms with Crippen LogP contribution in [0, 0.1) is 10.1 Å². The molecule has 0 aliphatic rings. The van der Waals surface area contributed by atoms with Crippen LogP contribution in [0.4, 0.5) is 5.69 Å². The number of rotatable bonds is 4. The van der Waals surface area contributed by atoms with E-state index >= 15 is 0 Å². The summed E-state index contributed by atoms with van der Waals surface area (Å²) in [5.41, 5.74) is 2.88. The van der Waals surface area contributed by atoms with Gasteiger partial charge in [-0.05, 0) is 24.3 Å². The smallest absolute Gasteiger partial charge is 0.269 e. The van der Waals surface area contributed by atoms with Gasteiger partial charge in [-0.25, -0.2) is 4.52 Å². The van der Waals surface area contributed by atoms with E-state index < -0.39 is 4.92 Å². The first-order chi connectivity index (χ1) is 12.6. The third-order valence-corrected chi connectivity index (χ3v) is 4.15. The zero-order valence-corrected chi connectivity index (χ0v) is 13.6. The predicted octanol–water partition coefficient (Wildman–Crippen LogP) is 4.14. The summed E-state index contributed by atoms with van der Waals surface area (Å²) in [6, 6.07) is 20.5. The van der Waals surface area contributed by atoms with Crippen molar-refractivity contribution >= 4 is 17.0 Å². The molecule has 0 aliphatic heterocycles. The fourth-order valence-corrected chi connectivity index (χ4v) is 2.90. The molecule has 2 heterocycles. The average Bonchev–Trinajstić information content (AvgIpc) is 3.07. The Labute approximate surface area is 148 Å². The second kappa shape index (κ2) is 6.25. The molecule has 0 saturated heterocycles. The van der Waals surface area contributed by atoms with Crippen LogP contribution in [0.3, 0.4) is 0 Å². The topological polar surface area (TPSA) is 77.5 Å². The number of pyridine rings is 1. The lowest BCUT2D eigenvalue weighted by Crippen LogP contribution is -2.02. The predicted molar refractivity (Wildman–Crippen MR) is 97.2 cm³/mol. The van der Waals surface area contributed by atoms with E-state index in [9.17, 15) is 14.9 Å². The summed E-state index contributed by atoms with van der Waals surface area (Å²) in [4.78, 5) is 23.6. The SMILES string of the molecule is O=C(c1ccccc1)c1c(-c2ccc([N+](=O)[O-])cc2)nn2ccccc12. The molecule has 4 aromatic rings. The van der Waals surface area contributed by atoms with Crippen molar-refractivity contribution in [3.05, 3.63) is 100 Å². The van der Waals surface area contributed by atoms with Crippen LogP contribution in [0.2, 0.25) is 0 Å². The lowest BCUT2D eigenvalue weighted by atomic mass is 9.98. The Hall–Kier alpha value is -3.80. The summed E-state index contributed by atoms with van der Waals surface area (Å²) in [6.07, 6.45) is 1.77. The van der Waals surface area contributed by atoms with E-state index in [0.717, 1.165) is 0 Å². The van der Waals surface area contributed by atoms with Gasteiger partial charge < -0.3 is 0 Å². The van der Waals surface area contributed by atoms with Gasteiger partial charge >= 0.3 is 0 Å². The molecule has 0 bridgehead atoms. The number of carbonyl (C=O) groups is 1. The minimum absolute atomic E-state index is 0.00606. The van der Waals surface area contributed by atoms with Gasteiger partial charge in [-0.3, -0.25) is 14.9 Å². The number of carbonyl (C=O) groups excluding carboxylic acids is 1. The standard InChI is InChI=1S/C20H13N3O3/c24-20(15-6-2-1-3-7-15)18-17-8-4-5-13-22(17)21-19(18)14-9-11-16(12-10-14)23(25)26/h1-13H. The number of aromatic nitrogens is 2. The van der Waals surface area contributed by atoms with E-state index in [1.165, 1.54) is 12.1 Å². The molecular weight excluding hydrogens is 330 g/mol. The summed E-state index contributed by atoms with van der Waals surface area (Å²) in [5.74, 6) is -0.139. The van der Waals surface area contributed by atoms with Gasteiger partial charge in [-0.15, -0.1) is 0 Å². The van der Waals surface area contributed by atoms with Gasteiger partial charge in [-0.1, -0.05) is 36.4 Å². The molecule has 126 valence electrons. The average molecular weight is 343 g/mol. The van der Waals surface area contributed by atoms with Gasteiger partial charge in [0.15, 0.2) is 5.78 Å². The van der Waals surface area contributed by atoms with Crippen LogP contribution in [-0.2, 0) is 0 Å². The Morgan fingerprint density at radius 1 is 0.923 bits per heavy atom. The highest BCUT2D eigenvalue weighted by Gasteiger charge is 2.22. The molecule has 0 amide bonds. The van der Waals surface area contributed by atoms with Crippen LogP contribution < -0.4 is 0 Å². The van der Waals surface area contributed by atoms with Crippen LogP contribution in [0.25, 0.3) is 16.8 Å². The van der Waals surface area contributed by atoms with Gasteiger partial charge in [0.05, 0.1) is 16.0 Å². The second-order valence-electron chi connectivity index (χ2n) is 5.75. The quantitative estimate of drug-likeness (QED) is 0.317. The van der Waals surface area contributed by atoms with Crippen molar-refractivity contribution in [2.45, 2.75) is 0 Å². The molecule has 0 unspecified atom stereocenters. The van der Waals surface area contributed by atoms with Crippen molar-refractivity contribution in [3.8, 4) is 11.3 Å². The lowest BCUT2D eigenvalue weighted by Gasteiger charge is -2.03. The van der Waals surface area contributed by atoms with Gasteiger partial charge in [-0.2, -0.15) is 5.10 Å². The van der Waals surface area contributed by atoms with Crippen molar-refractivity contribution in [2.24, 2.45) is 0 Å². The Kier molecular flexibility index (Phi) is 3.78. The van der Waals surface area contributed by atoms with E-state index in [2.05, 4.69) is 5.10 Å². The van der Waals surface area contributed by atoms with E-state index in [0.29, 0.717) is 27.9 Å². The molecule has 0 atom stereocenters. The number of hydrogen-bond donors (Lipinski definition) is 0. The van der Waals surface area contributed by atoms with E-state index in [4.69, 9.17) is 0 Å². The third-order valence-electron chi connectivity index (χ3n) is 4.15. The van der Waals surface area contributed by atoms with Gasteiger partial charge in [0.1, 0.15) is 5.69 Å². The molecule has 0 fully saturated rings. The molecule has 0 radical (unpaired) electrons. The monoisotopic (exact) mass is 343 g/mol. The first-order valence-corrected chi connectivity index (χ1v) is 7.97. The largest absolute Gasteiger partial charge is 0.288 e. The van der Waals surface area contributed by atoms with Crippen LogP contribution >= 0.6 is 0 Å². The number of hydrogen-bond acceptors (Lipinski definition) is 4. The Morgan fingerprint density at radius 2 is 1.62 bits per heavy atom. The summed E-state index contributed by atoms with van der Waals surface area (Å²) in [6.45, 7) is 0. The maximum absolute atomic E-state index is 13.1. The molecule has 0 spiro atoms. The number of nitro groups is 1. The Morgan fingerprint density at radius 3 is 2.31 bits per heavy atom. The van der Waals surface area contributed by atoms with Crippen molar-refractivity contribution in [1.82, 2.24) is 9.61 Å². The first-order valence-electron chi connectivity index (χ1n) is 7.97. The number of non-ortho nitro benzene ring substituents is 1.